The number of epoxide rings is 1. The van der Waals surface area contributed by atoms with Gasteiger partial charge in [-0.25, -0.2) is 0 Å². The average Bonchev–Trinajstić information content (AvgIpc) is 3.21. The fourth-order valence-corrected chi connectivity index (χ4v) is 5.22. The Morgan fingerprint density at radius 1 is 1.21 bits per heavy atom. The lowest BCUT2D eigenvalue weighted by atomic mass is 9.84. The molecule has 2 rings (SSSR count). The number of ether oxygens (including phenoxy) is 1. The molecule has 19 heavy (non-hydrogen) atoms. The van der Waals surface area contributed by atoms with Gasteiger partial charge in [0, 0.05) is 12.7 Å². The van der Waals surface area contributed by atoms with Gasteiger partial charge in [-0.3, -0.25) is 0 Å². The zero-order valence-electron chi connectivity index (χ0n) is 13.0. The zero-order chi connectivity index (χ0) is 13.9. The van der Waals surface area contributed by atoms with E-state index in [0.717, 1.165) is 25.5 Å². The molecule has 0 aromatic rings. The maximum atomic E-state index is 6.51. The third-order valence-electron chi connectivity index (χ3n) is 4.63. The molecular weight excluding hydrogens is 256 g/mol. The van der Waals surface area contributed by atoms with Crippen LogP contribution in [-0.4, -0.2) is 33.5 Å². The number of fused-ring (bicyclic) bond motifs is 1. The first-order valence-electron chi connectivity index (χ1n) is 8.09. The van der Waals surface area contributed by atoms with E-state index in [9.17, 15) is 0 Å². The van der Waals surface area contributed by atoms with Crippen molar-refractivity contribution < 1.29 is 13.6 Å². The van der Waals surface area contributed by atoms with Gasteiger partial charge in [0.1, 0.15) is 0 Å². The largest absolute Gasteiger partial charge is 0.394 e. The molecule has 4 heteroatoms. The Morgan fingerprint density at radius 3 is 2.58 bits per heavy atom. The van der Waals surface area contributed by atoms with Crippen LogP contribution in [0.3, 0.4) is 0 Å². The summed E-state index contributed by atoms with van der Waals surface area (Å²) in [4.78, 5) is 0. The molecule has 1 saturated heterocycles. The molecule has 5 unspecified atom stereocenters. The lowest BCUT2D eigenvalue weighted by Gasteiger charge is -2.35. The summed E-state index contributed by atoms with van der Waals surface area (Å²) in [6.07, 6.45) is 7.37. The van der Waals surface area contributed by atoms with Gasteiger partial charge in [-0.2, -0.15) is 0 Å². The van der Waals surface area contributed by atoms with Gasteiger partial charge < -0.3 is 13.6 Å². The zero-order valence-corrected chi connectivity index (χ0v) is 14.0. The molecule has 0 bridgehead atoms. The van der Waals surface area contributed by atoms with Crippen LogP contribution in [-0.2, 0) is 13.6 Å². The number of hydrogen-bond donors (Lipinski definition) is 0. The molecule has 1 saturated carbocycles. The van der Waals surface area contributed by atoms with E-state index in [1.807, 2.05) is 0 Å². The highest BCUT2D eigenvalue weighted by molar-refractivity contribution is 6.65. The van der Waals surface area contributed by atoms with Crippen molar-refractivity contribution in [1.29, 1.82) is 0 Å². The normalized spacial score (nSPS) is 34.4. The van der Waals surface area contributed by atoms with E-state index in [1.54, 1.807) is 0 Å². The van der Waals surface area contributed by atoms with Gasteiger partial charge in [-0.1, -0.05) is 20.8 Å². The molecule has 3 nitrogen and oxygen atoms in total. The van der Waals surface area contributed by atoms with Crippen LogP contribution in [0.25, 0.3) is 0 Å². The standard InChI is InChI=1S/C15H30O3Si/c1-5-10-16-19(4,7-3)18-13(6-2)12-8-9-14-15(11-12)17-14/h12-15H,5-11H2,1-4H3. The Labute approximate surface area is 119 Å². The predicted molar refractivity (Wildman–Crippen MR) is 79.5 cm³/mol. The van der Waals surface area contributed by atoms with Crippen molar-refractivity contribution in [3.8, 4) is 0 Å². The molecular formula is C15H30O3Si. The van der Waals surface area contributed by atoms with Crippen LogP contribution in [0.4, 0.5) is 0 Å². The monoisotopic (exact) mass is 286 g/mol. The van der Waals surface area contributed by atoms with Gasteiger partial charge in [0.2, 0.25) is 0 Å². The summed E-state index contributed by atoms with van der Waals surface area (Å²) in [5, 5.41) is 0. The number of rotatable bonds is 8. The Morgan fingerprint density at radius 2 is 2.00 bits per heavy atom. The molecule has 2 fully saturated rings. The predicted octanol–water partition coefficient (Wildman–Crippen LogP) is 3.87. The summed E-state index contributed by atoms with van der Waals surface area (Å²) in [5.74, 6) is 0.678. The molecule has 112 valence electrons. The maximum Gasteiger partial charge on any atom is 0.334 e. The second kappa shape index (κ2) is 6.70. The molecule has 5 atom stereocenters. The van der Waals surface area contributed by atoms with Crippen LogP contribution in [0.2, 0.25) is 12.6 Å². The van der Waals surface area contributed by atoms with Crippen molar-refractivity contribution in [2.75, 3.05) is 6.61 Å². The van der Waals surface area contributed by atoms with E-state index in [1.165, 1.54) is 19.3 Å². The van der Waals surface area contributed by atoms with Crippen LogP contribution in [0.1, 0.15) is 52.9 Å². The molecule has 1 heterocycles. The first-order chi connectivity index (χ1) is 9.11. The lowest BCUT2D eigenvalue weighted by Crippen LogP contribution is -2.44. The van der Waals surface area contributed by atoms with Crippen molar-refractivity contribution in [2.24, 2.45) is 5.92 Å². The Balaban J connectivity index is 1.88. The molecule has 0 amide bonds. The van der Waals surface area contributed by atoms with Gasteiger partial charge in [0.05, 0.1) is 12.2 Å². The first-order valence-corrected chi connectivity index (χ1v) is 10.6. The van der Waals surface area contributed by atoms with Crippen LogP contribution in [0.5, 0.6) is 0 Å². The highest BCUT2D eigenvalue weighted by atomic mass is 28.4. The van der Waals surface area contributed by atoms with Crippen molar-refractivity contribution in [3.05, 3.63) is 0 Å². The van der Waals surface area contributed by atoms with Crippen LogP contribution >= 0.6 is 0 Å². The first kappa shape index (κ1) is 15.5. The minimum atomic E-state index is -1.96. The van der Waals surface area contributed by atoms with Gasteiger partial charge in [0.25, 0.3) is 0 Å². The third-order valence-corrected chi connectivity index (χ3v) is 7.53. The van der Waals surface area contributed by atoms with E-state index in [2.05, 4.69) is 27.3 Å². The fourth-order valence-electron chi connectivity index (χ4n) is 3.14. The lowest BCUT2D eigenvalue weighted by molar-refractivity contribution is 0.0598. The summed E-state index contributed by atoms with van der Waals surface area (Å²) >= 11 is 0. The van der Waals surface area contributed by atoms with E-state index in [4.69, 9.17) is 13.6 Å². The van der Waals surface area contributed by atoms with Gasteiger partial charge >= 0.3 is 8.56 Å². The van der Waals surface area contributed by atoms with Gasteiger partial charge in [0.15, 0.2) is 0 Å². The quantitative estimate of drug-likeness (QED) is 0.501. The fraction of sp³-hybridized carbons (Fsp3) is 1.00. The summed E-state index contributed by atoms with van der Waals surface area (Å²) in [5.41, 5.74) is 0. The second-order valence-electron chi connectivity index (χ2n) is 6.19. The summed E-state index contributed by atoms with van der Waals surface area (Å²) in [6.45, 7) is 9.67. The topological polar surface area (TPSA) is 31.0 Å². The van der Waals surface area contributed by atoms with Crippen molar-refractivity contribution in [2.45, 2.75) is 83.8 Å². The minimum absolute atomic E-state index is 0.374. The summed E-state index contributed by atoms with van der Waals surface area (Å²) < 4.78 is 18.2. The molecule has 2 aliphatic rings. The highest BCUT2D eigenvalue weighted by Gasteiger charge is 2.46. The second-order valence-corrected chi connectivity index (χ2v) is 9.69. The van der Waals surface area contributed by atoms with E-state index in [0.29, 0.717) is 24.2 Å². The Bertz CT molecular complexity index is 287. The van der Waals surface area contributed by atoms with Crippen molar-refractivity contribution in [3.63, 3.8) is 0 Å². The molecule has 0 N–H and O–H groups in total. The van der Waals surface area contributed by atoms with Crippen LogP contribution < -0.4 is 0 Å². The summed E-state index contributed by atoms with van der Waals surface area (Å²) in [6, 6.07) is 1.04. The summed E-state index contributed by atoms with van der Waals surface area (Å²) in [7, 11) is -1.96. The van der Waals surface area contributed by atoms with E-state index in [-0.39, 0.29) is 0 Å². The van der Waals surface area contributed by atoms with Gasteiger partial charge in [-0.15, -0.1) is 0 Å². The Kier molecular flexibility index (Phi) is 5.46. The molecule has 0 spiro atoms. The SMILES string of the molecule is CCCO[Si](C)(CC)OC(CC)C1CCC2OC2C1. The average molecular weight is 286 g/mol. The van der Waals surface area contributed by atoms with E-state index >= 15 is 0 Å². The van der Waals surface area contributed by atoms with Crippen molar-refractivity contribution in [1.82, 2.24) is 0 Å². The third kappa shape index (κ3) is 4.03. The molecule has 1 aliphatic carbocycles. The minimum Gasteiger partial charge on any atom is -0.394 e. The molecule has 0 radical (unpaired) electrons. The van der Waals surface area contributed by atoms with Crippen LogP contribution in [0, 0.1) is 5.92 Å². The van der Waals surface area contributed by atoms with E-state index < -0.39 is 8.56 Å². The highest BCUT2D eigenvalue weighted by Crippen LogP contribution is 2.42. The number of hydrogen-bond acceptors (Lipinski definition) is 3. The molecule has 0 aromatic carbocycles. The maximum absolute atomic E-state index is 6.51. The molecule has 1 aliphatic heterocycles. The van der Waals surface area contributed by atoms with Crippen LogP contribution in [0.15, 0.2) is 0 Å². The Hall–Kier alpha value is 0.0969. The molecule has 0 aromatic heterocycles. The smallest absolute Gasteiger partial charge is 0.334 e. The van der Waals surface area contributed by atoms with Gasteiger partial charge in [-0.05, 0) is 50.6 Å². The van der Waals surface area contributed by atoms with Crippen molar-refractivity contribution >= 4 is 8.56 Å².